The highest BCUT2D eigenvalue weighted by molar-refractivity contribution is 5.93. The van der Waals surface area contributed by atoms with Crippen LogP contribution in [0.5, 0.6) is 0 Å². The molecule has 2 rings (SSSR count). The molecule has 1 aromatic heterocycles. The molecule has 1 aromatic carbocycles. The quantitative estimate of drug-likeness (QED) is 0.754. The van der Waals surface area contributed by atoms with Crippen LogP contribution in [-0.4, -0.2) is 33.2 Å². The predicted molar refractivity (Wildman–Crippen MR) is 69.0 cm³/mol. The minimum absolute atomic E-state index is 0.494. The molecule has 1 heterocycles. The smallest absolute Gasteiger partial charge is 0.326 e. The van der Waals surface area contributed by atoms with Gasteiger partial charge in [0.05, 0.1) is 11.9 Å². The Balaban J connectivity index is 2.33. The molecule has 1 atom stereocenters. The van der Waals surface area contributed by atoms with Crippen LogP contribution in [0.4, 0.5) is 5.69 Å². The van der Waals surface area contributed by atoms with Gasteiger partial charge in [0.2, 0.25) is 0 Å². The number of pyridine rings is 1. The molecule has 3 N–H and O–H groups in total. The molecule has 6 nitrogen and oxygen atoms in total. The van der Waals surface area contributed by atoms with Gasteiger partial charge in [0, 0.05) is 17.3 Å². The summed E-state index contributed by atoms with van der Waals surface area (Å²) in [5, 5.41) is 21.2. The first-order valence-electron chi connectivity index (χ1n) is 5.63. The fraction of sp³-hybridized carbons (Fsp3) is 0.154. The van der Waals surface area contributed by atoms with Crippen LogP contribution in [0.2, 0.25) is 0 Å². The van der Waals surface area contributed by atoms with Crippen molar-refractivity contribution in [1.82, 2.24) is 4.98 Å². The van der Waals surface area contributed by atoms with Crippen LogP contribution in [-0.2, 0) is 9.59 Å². The van der Waals surface area contributed by atoms with E-state index in [2.05, 4.69) is 10.3 Å². The Morgan fingerprint density at radius 1 is 1.21 bits per heavy atom. The standard InChI is InChI=1S/C13H12N2O4/c16-12(17)7-11(13(18)19)15-10-5-6-14-9-4-2-1-3-8(9)10/h1-6,11H,7H2,(H,14,15)(H,16,17)(H,18,19). The monoisotopic (exact) mass is 260 g/mol. The minimum atomic E-state index is -1.21. The van der Waals surface area contributed by atoms with Crippen molar-refractivity contribution in [2.45, 2.75) is 12.5 Å². The summed E-state index contributed by atoms with van der Waals surface area (Å²) in [6, 6.07) is 7.67. The molecular weight excluding hydrogens is 248 g/mol. The maximum absolute atomic E-state index is 11.0. The molecule has 0 bridgehead atoms. The highest BCUT2D eigenvalue weighted by Gasteiger charge is 2.21. The zero-order chi connectivity index (χ0) is 13.8. The van der Waals surface area contributed by atoms with Gasteiger partial charge < -0.3 is 15.5 Å². The number of fused-ring (bicyclic) bond motifs is 1. The molecule has 0 amide bonds. The zero-order valence-electron chi connectivity index (χ0n) is 9.91. The van der Waals surface area contributed by atoms with Gasteiger partial charge in [-0.1, -0.05) is 18.2 Å². The lowest BCUT2D eigenvalue weighted by Gasteiger charge is -2.15. The van der Waals surface area contributed by atoms with Crippen LogP contribution in [0.1, 0.15) is 6.42 Å². The normalized spacial score (nSPS) is 12.0. The largest absolute Gasteiger partial charge is 0.481 e. The third-order valence-electron chi connectivity index (χ3n) is 2.66. The number of para-hydroxylation sites is 1. The summed E-state index contributed by atoms with van der Waals surface area (Å²) in [5.41, 5.74) is 1.27. The Morgan fingerprint density at radius 2 is 1.95 bits per heavy atom. The number of hydrogen-bond donors (Lipinski definition) is 3. The second-order valence-corrected chi connectivity index (χ2v) is 4.01. The number of carboxylic acids is 2. The van der Waals surface area contributed by atoms with Crippen molar-refractivity contribution < 1.29 is 19.8 Å². The van der Waals surface area contributed by atoms with Gasteiger partial charge >= 0.3 is 11.9 Å². The van der Waals surface area contributed by atoms with Gasteiger partial charge in [0.1, 0.15) is 6.04 Å². The van der Waals surface area contributed by atoms with E-state index in [1.165, 1.54) is 0 Å². The number of benzene rings is 1. The van der Waals surface area contributed by atoms with Crippen LogP contribution in [0, 0.1) is 0 Å². The molecule has 6 heteroatoms. The first-order chi connectivity index (χ1) is 9.08. The molecule has 2 aromatic rings. The number of anilines is 1. The van der Waals surface area contributed by atoms with E-state index in [9.17, 15) is 9.59 Å². The van der Waals surface area contributed by atoms with Crippen molar-refractivity contribution in [3.05, 3.63) is 36.5 Å². The molecule has 0 saturated heterocycles. The fourth-order valence-electron chi connectivity index (χ4n) is 1.78. The summed E-state index contributed by atoms with van der Waals surface area (Å²) in [4.78, 5) is 25.8. The van der Waals surface area contributed by atoms with Crippen molar-refractivity contribution in [1.29, 1.82) is 0 Å². The summed E-state index contributed by atoms with van der Waals surface area (Å²) in [6.07, 6.45) is 1.05. The topological polar surface area (TPSA) is 99.5 Å². The molecule has 0 fully saturated rings. The average molecular weight is 260 g/mol. The molecule has 0 spiro atoms. The Hall–Kier alpha value is -2.63. The summed E-state index contributed by atoms with van der Waals surface area (Å²) in [7, 11) is 0. The van der Waals surface area contributed by atoms with E-state index in [4.69, 9.17) is 10.2 Å². The predicted octanol–water partition coefficient (Wildman–Crippen LogP) is 1.57. The lowest BCUT2D eigenvalue weighted by molar-refractivity contribution is -0.144. The van der Waals surface area contributed by atoms with E-state index in [0.717, 1.165) is 5.39 Å². The number of carbonyl (C=O) groups is 2. The highest BCUT2D eigenvalue weighted by atomic mass is 16.4. The molecule has 19 heavy (non-hydrogen) atoms. The van der Waals surface area contributed by atoms with E-state index in [0.29, 0.717) is 11.2 Å². The number of rotatable bonds is 5. The maximum atomic E-state index is 11.0. The van der Waals surface area contributed by atoms with Crippen LogP contribution in [0.15, 0.2) is 36.5 Å². The summed E-state index contributed by atoms with van der Waals surface area (Å²) in [5.74, 6) is -2.37. The Bertz CT molecular complexity index is 622. The molecule has 0 aliphatic rings. The van der Waals surface area contributed by atoms with Crippen molar-refractivity contribution in [3.63, 3.8) is 0 Å². The summed E-state index contributed by atoms with van der Waals surface area (Å²) < 4.78 is 0. The first-order valence-corrected chi connectivity index (χ1v) is 5.63. The van der Waals surface area contributed by atoms with E-state index < -0.39 is 24.4 Å². The molecule has 0 aliphatic heterocycles. The van der Waals surface area contributed by atoms with Gasteiger partial charge in [-0.25, -0.2) is 4.79 Å². The third-order valence-corrected chi connectivity index (χ3v) is 2.66. The number of nitrogens with one attached hydrogen (secondary N) is 1. The number of aromatic nitrogens is 1. The van der Waals surface area contributed by atoms with Gasteiger partial charge in [-0.15, -0.1) is 0 Å². The van der Waals surface area contributed by atoms with Gasteiger partial charge in [-0.05, 0) is 12.1 Å². The lowest BCUT2D eigenvalue weighted by Crippen LogP contribution is -2.31. The van der Waals surface area contributed by atoms with Crippen LogP contribution in [0.3, 0.4) is 0 Å². The maximum Gasteiger partial charge on any atom is 0.326 e. The first kappa shape index (κ1) is 12.8. The number of nitrogens with zero attached hydrogens (tertiary/aromatic N) is 1. The zero-order valence-corrected chi connectivity index (χ0v) is 9.91. The van der Waals surface area contributed by atoms with Crippen LogP contribution < -0.4 is 5.32 Å². The van der Waals surface area contributed by atoms with Crippen molar-refractivity contribution in [2.24, 2.45) is 0 Å². The molecular formula is C13H12N2O4. The second kappa shape index (κ2) is 5.34. The highest BCUT2D eigenvalue weighted by Crippen LogP contribution is 2.22. The fourth-order valence-corrected chi connectivity index (χ4v) is 1.78. The van der Waals surface area contributed by atoms with Crippen LogP contribution >= 0.6 is 0 Å². The average Bonchev–Trinajstić information content (AvgIpc) is 2.37. The summed E-state index contributed by atoms with van der Waals surface area (Å²) in [6.45, 7) is 0. The molecule has 0 radical (unpaired) electrons. The summed E-state index contributed by atoms with van der Waals surface area (Å²) >= 11 is 0. The third kappa shape index (κ3) is 2.98. The number of aliphatic carboxylic acids is 2. The van der Waals surface area contributed by atoms with Crippen molar-refractivity contribution in [2.75, 3.05) is 5.32 Å². The second-order valence-electron chi connectivity index (χ2n) is 4.01. The molecule has 1 unspecified atom stereocenters. The number of hydrogen-bond acceptors (Lipinski definition) is 4. The van der Waals surface area contributed by atoms with Gasteiger partial charge in [0.15, 0.2) is 0 Å². The Labute approximate surface area is 108 Å². The van der Waals surface area contributed by atoms with Crippen LogP contribution in [0.25, 0.3) is 10.9 Å². The van der Waals surface area contributed by atoms with Gasteiger partial charge in [-0.2, -0.15) is 0 Å². The van der Waals surface area contributed by atoms with Crippen molar-refractivity contribution >= 4 is 28.5 Å². The lowest BCUT2D eigenvalue weighted by atomic mass is 10.1. The van der Waals surface area contributed by atoms with E-state index in [1.807, 2.05) is 12.1 Å². The SMILES string of the molecule is O=C(O)CC(Nc1ccnc2ccccc12)C(=O)O. The minimum Gasteiger partial charge on any atom is -0.481 e. The molecule has 0 saturated carbocycles. The van der Waals surface area contributed by atoms with E-state index in [-0.39, 0.29) is 0 Å². The number of carboxylic acid groups (broad SMARTS) is 2. The molecule has 98 valence electrons. The van der Waals surface area contributed by atoms with E-state index >= 15 is 0 Å². The van der Waals surface area contributed by atoms with Crippen molar-refractivity contribution in [3.8, 4) is 0 Å². The Kier molecular flexibility index (Phi) is 3.61. The molecule has 0 aliphatic carbocycles. The Morgan fingerprint density at radius 3 is 2.63 bits per heavy atom. The van der Waals surface area contributed by atoms with Gasteiger partial charge in [-0.3, -0.25) is 9.78 Å². The van der Waals surface area contributed by atoms with Gasteiger partial charge in [0.25, 0.3) is 0 Å². The van der Waals surface area contributed by atoms with E-state index in [1.54, 1.807) is 24.4 Å².